The Kier molecular flexibility index (Phi) is 5.56. The average molecular weight is 254 g/mol. The first-order valence-corrected chi connectivity index (χ1v) is 6.34. The lowest BCUT2D eigenvalue weighted by Crippen LogP contribution is -2.23. The number of aliphatic hydroxyl groups excluding tert-OH is 2. The third-order valence-corrected chi connectivity index (χ3v) is 3.62. The first kappa shape index (κ1) is 14.9. The summed E-state index contributed by atoms with van der Waals surface area (Å²) in [6.45, 7) is 3.79. The average Bonchev–Trinajstić information content (AvgIpc) is 2.34. The molecule has 4 heteroatoms. The van der Waals surface area contributed by atoms with Crippen LogP contribution in [0.25, 0.3) is 0 Å². The second-order valence-electron chi connectivity index (χ2n) is 5.16. The van der Waals surface area contributed by atoms with E-state index in [4.69, 9.17) is 10.2 Å². The standard InChI is InChI=1S/C14H22O4/c1-9(2)13-4-3-10(7-15)5-11(13)6-12(8-16)14(17)18/h5-6,9,11,13,15-16H,3-4,7-8H2,1-2H3,(H,17,18)/b12-6+/t11-,13+/m1/s1. The Morgan fingerprint density at radius 2 is 2.17 bits per heavy atom. The Balaban J connectivity index is 3.01. The highest BCUT2D eigenvalue weighted by Gasteiger charge is 2.26. The van der Waals surface area contributed by atoms with Crippen LogP contribution in [0.1, 0.15) is 26.7 Å². The van der Waals surface area contributed by atoms with Crippen LogP contribution in [-0.4, -0.2) is 34.5 Å². The minimum absolute atomic E-state index is 0.0147. The maximum Gasteiger partial charge on any atom is 0.333 e. The van der Waals surface area contributed by atoms with Crippen molar-refractivity contribution in [2.45, 2.75) is 26.7 Å². The number of hydrogen-bond acceptors (Lipinski definition) is 3. The van der Waals surface area contributed by atoms with Gasteiger partial charge in [-0.1, -0.05) is 26.0 Å². The number of hydrogen-bond donors (Lipinski definition) is 3. The summed E-state index contributed by atoms with van der Waals surface area (Å²) in [4.78, 5) is 10.9. The molecule has 4 nitrogen and oxygen atoms in total. The monoisotopic (exact) mass is 254 g/mol. The SMILES string of the molecule is CC(C)[C@@H]1CCC(CO)=C[C@@H]1/C=C(\CO)C(=O)O. The van der Waals surface area contributed by atoms with E-state index in [9.17, 15) is 9.90 Å². The molecule has 0 aliphatic heterocycles. The second-order valence-corrected chi connectivity index (χ2v) is 5.16. The van der Waals surface area contributed by atoms with E-state index in [0.717, 1.165) is 18.4 Å². The van der Waals surface area contributed by atoms with Gasteiger partial charge in [-0.3, -0.25) is 0 Å². The second kappa shape index (κ2) is 6.71. The van der Waals surface area contributed by atoms with E-state index >= 15 is 0 Å². The van der Waals surface area contributed by atoms with Crippen molar-refractivity contribution in [3.05, 3.63) is 23.3 Å². The number of aliphatic carboxylic acids is 1. The molecule has 0 aromatic rings. The first-order valence-electron chi connectivity index (χ1n) is 6.34. The molecule has 18 heavy (non-hydrogen) atoms. The smallest absolute Gasteiger partial charge is 0.333 e. The fraction of sp³-hybridized carbons (Fsp3) is 0.643. The van der Waals surface area contributed by atoms with Gasteiger partial charge in [0.25, 0.3) is 0 Å². The molecular weight excluding hydrogens is 232 g/mol. The summed E-state index contributed by atoms with van der Waals surface area (Å²) < 4.78 is 0. The van der Waals surface area contributed by atoms with Gasteiger partial charge in [0, 0.05) is 0 Å². The van der Waals surface area contributed by atoms with Crippen LogP contribution < -0.4 is 0 Å². The van der Waals surface area contributed by atoms with E-state index in [1.54, 1.807) is 6.08 Å². The Morgan fingerprint density at radius 3 is 2.61 bits per heavy atom. The molecule has 1 aliphatic carbocycles. The molecule has 0 unspecified atom stereocenters. The van der Waals surface area contributed by atoms with Crippen molar-refractivity contribution in [2.24, 2.45) is 17.8 Å². The zero-order valence-corrected chi connectivity index (χ0v) is 11.0. The van der Waals surface area contributed by atoms with Gasteiger partial charge in [0.15, 0.2) is 0 Å². The highest BCUT2D eigenvalue weighted by atomic mass is 16.4. The summed E-state index contributed by atoms with van der Waals surface area (Å²) in [5, 5.41) is 27.2. The van der Waals surface area contributed by atoms with E-state index < -0.39 is 12.6 Å². The number of carboxylic acids is 1. The van der Waals surface area contributed by atoms with Gasteiger partial charge in [0.05, 0.1) is 18.8 Å². The predicted molar refractivity (Wildman–Crippen MR) is 69.0 cm³/mol. The third kappa shape index (κ3) is 3.68. The van der Waals surface area contributed by atoms with Crippen molar-refractivity contribution in [1.82, 2.24) is 0 Å². The topological polar surface area (TPSA) is 77.8 Å². The van der Waals surface area contributed by atoms with E-state index in [1.165, 1.54) is 0 Å². The zero-order valence-electron chi connectivity index (χ0n) is 11.0. The Labute approximate surface area is 108 Å². The summed E-state index contributed by atoms with van der Waals surface area (Å²) in [6, 6.07) is 0. The number of aliphatic hydroxyl groups is 2. The molecule has 1 aliphatic rings. The van der Waals surface area contributed by atoms with Crippen molar-refractivity contribution >= 4 is 5.97 Å². The van der Waals surface area contributed by atoms with E-state index in [2.05, 4.69) is 13.8 Å². The van der Waals surface area contributed by atoms with Crippen molar-refractivity contribution in [1.29, 1.82) is 0 Å². The van der Waals surface area contributed by atoms with Gasteiger partial charge >= 0.3 is 5.97 Å². The molecule has 0 amide bonds. The minimum Gasteiger partial charge on any atom is -0.478 e. The highest BCUT2D eigenvalue weighted by Crippen LogP contribution is 2.35. The number of carboxylic acid groups (broad SMARTS) is 1. The number of carbonyl (C=O) groups is 1. The van der Waals surface area contributed by atoms with Crippen LogP contribution in [0.3, 0.4) is 0 Å². The highest BCUT2D eigenvalue weighted by molar-refractivity contribution is 5.86. The molecule has 0 bridgehead atoms. The molecule has 0 aromatic carbocycles. The number of allylic oxidation sites excluding steroid dienone is 2. The molecular formula is C14H22O4. The maximum absolute atomic E-state index is 10.9. The maximum atomic E-state index is 10.9. The fourth-order valence-electron chi connectivity index (χ4n) is 2.53. The van der Waals surface area contributed by atoms with E-state index in [0.29, 0.717) is 11.8 Å². The minimum atomic E-state index is -1.08. The van der Waals surface area contributed by atoms with Gasteiger partial charge in [-0.2, -0.15) is 0 Å². The Bertz CT molecular complexity index is 355. The summed E-state index contributed by atoms with van der Waals surface area (Å²) >= 11 is 0. The number of rotatable bonds is 5. The largest absolute Gasteiger partial charge is 0.478 e. The van der Waals surface area contributed by atoms with Gasteiger partial charge in [-0.15, -0.1) is 0 Å². The van der Waals surface area contributed by atoms with Gasteiger partial charge < -0.3 is 15.3 Å². The van der Waals surface area contributed by atoms with E-state index in [-0.39, 0.29) is 18.1 Å². The molecule has 0 saturated heterocycles. The summed E-state index contributed by atoms with van der Waals surface area (Å²) in [7, 11) is 0. The van der Waals surface area contributed by atoms with Crippen LogP contribution in [0.4, 0.5) is 0 Å². The fourth-order valence-corrected chi connectivity index (χ4v) is 2.53. The first-order chi connectivity index (χ1) is 8.49. The van der Waals surface area contributed by atoms with Gasteiger partial charge in [-0.05, 0) is 36.2 Å². The lowest BCUT2D eigenvalue weighted by atomic mass is 9.74. The molecule has 102 valence electrons. The summed E-state index contributed by atoms with van der Waals surface area (Å²) in [5.74, 6) is -0.290. The molecule has 0 radical (unpaired) electrons. The van der Waals surface area contributed by atoms with Gasteiger partial charge in [-0.25, -0.2) is 4.79 Å². The predicted octanol–water partition coefficient (Wildman–Crippen LogP) is 1.59. The van der Waals surface area contributed by atoms with Crippen LogP contribution in [0, 0.1) is 17.8 Å². The lowest BCUT2D eigenvalue weighted by molar-refractivity contribution is -0.133. The molecule has 0 aromatic heterocycles. The molecule has 1 rings (SSSR count). The molecule has 3 N–H and O–H groups in total. The normalized spacial score (nSPS) is 25.2. The molecule has 0 spiro atoms. The molecule has 0 fully saturated rings. The molecule has 0 saturated carbocycles. The van der Waals surface area contributed by atoms with Gasteiger partial charge in [0.1, 0.15) is 0 Å². The van der Waals surface area contributed by atoms with Crippen LogP contribution in [0.2, 0.25) is 0 Å². The quantitative estimate of drug-likeness (QED) is 0.514. The Morgan fingerprint density at radius 1 is 1.50 bits per heavy atom. The van der Waals surface area contributed by atoms with Crippen molar-refractivity contribution in [3.63, 3.8) is 0 Å². The van der Waals surface area contributed by atoms with Crippen molar-refractivity contribution in [3.8, 4) is 0 Å². The van der Waals surface area contributed by atoms with Crippen molar-refractivity contribution < 1.29 is 20.1 Å². The van der Waals surface area contributed by atoms with Crippen LogP contribution in [-0.2, 0) is 4.79 Å². The van der Waals surface area contributed by atoms with Crippen LogP contribution >= 0.6 is 0 Å². The lowest BCUT2D eigenvalue weighted by Gasteiger charge is -2.31. The van der Waals surface area contributed by atoms with E-state index in [1.807, 2.05) is 6.08 Å². The van der Waals surface area contributed by atoms with Crippen molar-refractivity contribution in [2.75, 3.05) is 13.2 Å². The molecule has 2 atom stereocenters. The zero-order chi connectivity index (χ0) is 13.7. The Hall–Kier alpha value is -1.13. The summed E-state index contributed by atoms with van der Waals surface area (Å²) in [5.41, 5.74) is 0.983. The van der Waals surface area contributed by atoms with Crippen LogP contribution in [0.15, 0.2) is 23.3 Å². The summed E-state index contributed by atoms with van der Waals surface area (Å²) in [6.07, 6.45) is 5.39. The third-order valence-electron chi connectivity index (χ3n) is 3.62. The van der Waals surface area contributed by atoms with Crippen LogP contribution in [0.5, 0.6) is 0 Å². The van der Waals surface area contributed by atoms with Gasteiger partial charge in [0.2, 0.25) is 0 Å². The molecule has 0 heterocycles.